The molecule has 0 spiro atoms. The largest absolute Gasteiger partial charge is 0.481 e. The highest BCUT2D eigenvalue weighted by Gasteiger charge is 2.49. The van der Waals surface area contributed by atoms with Gasteiger partial charge in [0.15, 0.2) is 0 Å². The van der Waals surface area contributed by atoms with Crippen LogP contribution in [-0.2, 0) is 14.3 Å². The Hall–Kier alpha value is -1.10. The number of carboxylic acid groups (broad SMARTS) is 1. The summed E-state index contributed by atoms with van der Waals surface area (Å²) in [7, 11) is 0. The van der Waals surface area contributed by atoms with Crippen molar-refractivity contribution in [3.05, 3.63) is 0 Å². The third-order valence-electron chi connectivity index (χ3n) is 3.62. The molecule has 1 aliphatic carbocycles. The molecule has 1 N–H and O–H groups in total. The van der Waals surface area contributed by atoms with E-state index in [4.69, 9.17) is 9.84 Å². The Bertz CT molecular complexity index is 312. The second kappa shape index (κ2) is 5.04. The van der Waals surface area contributed by atoms with E-state index in [0.717, 1.165) is 19.6 Å². The van der Waals surface area contributed by atoms with Crippen molar-refractivity contribution in [2.24, 2.45) is 17.8 Å². The van der Waals surface area contributed by atoms with Gasteiger partial charge in [-0.15, -0.1) is 0 Å². The van der Waals surface area contributed by atoms with Crippen molar-refractivity contribution in [3.63, 3.8) is 0 Å². The molecule has 96 valence electrons. The minimum Gasteiger partial charge on any atom is -0.481 e. The minimum absolute atomic E-state index is 0.00630. The average Bonchev–Trinajstić information content (AvgIpc) is 2.96. The molecule has 0 aromatic carbocycles. The molecule has 2 fully saturated rings. The summed E-state index contributed by atoms with van der Waals surface area (Å²) in [5.41, 5.74) is 0. The van der Waals surface area contributed by atoms with Crippen LogP contribution in [0.3, 0.4) is 0 Å². The van der Waals surface area contributed by atoms with E-state index >= 15 is 0 Å². The van der Waals surface area contributed by atoms with E-state index in [1.807, 2.05) is 6.92 Å². The van der Waals surface area contributed by atoms with Gasteiger partial charge in [0, 0.05) is 25.6 Å². The van der Waals surface area contributed by atoms with E-state index in [1.165, 1.54) is 0 Å². The highest BCUT2D eigenvalue weighted by atomic mass is 16.5. The number of aliphatic carboxylic acids is 1. The predicted molar refractivity (Wildman–Crippen MR) is 60.4 cm³/mol. The summed E-state index contributed by atoms with van der Waals surface area (Å²) in [6.07, 6.45) is 1.50. The molecule has 5 heteroatoms. The predicted octanol–water partition coefficient (Wildman–Crippen LogP) is 0.592. The normalized spacial score (nSPS) is 31.2. The quantitative estimate of drug-likeness (QED) is 0.765. The zero-order valence-electron chi connectivity index (χ0n) is 10.1. The van der Waals surface area contributed by atoms with E-state index in [2.05, 4.69) is 0 Å². The monoisotopic (exact) mass is 241 g/mol. The third-order valence-corrected chi connectivity index (χ3v) is 3.62. The standard InChI is InChI=1S/C12H19NO4/c1-2-13(6-8-3-4-17-7-8)11(14)9-5-10(9)12(15)16/h8-10H,2-7H2,1H3,(H,15,16). The maximum atomic E-state index is 12.1. The van der Waals surface area contributed by atoms with Crippen molar-refractivity contribution in [3.8, 4) is 0 Å². The molecular formula is C12H19NO4. The molecule has 2 rings (SSSR count). The number of carbonyl (C=O) groups excluding carboxylic acids is 1. The van der Waals surface area contributed by atoms with Gasteiger partial charge in [-0.3, -0.25) is 9.59 Å². The Morgan fingerprint density at radius 2 is 2.18 bits per heavy atom. The third kappa shape index (κ3) is 2.77. The molecule has 3 atom stereocenters. The van der Waals surface area contributed by atoms with Gasteiger partial charge >= 0.3 is 5.97 Å². The van der Waals surface area contributed by atoms with Gasteiger partial charge in [-0.25, -0.2) is 0 Å². The minimum atomic E-state index is -0.844. The van der Waals surface area contributed by atoms with Gasteiger partial charge in [-0.2, -0.15) is 0 Å². The van der Waals surface area contributed by atoms with Gasteiger partial charge in [0.1, 0.15) is 0 Å². The highest BCUT2D eigenvalue weighted by molar-refractivity contribution is 5.89. The molecule has 1 heterocycles. The van der Waals surface area contributed by atoms with Crippen LogP contribution in [0.25, 0.3) is 0 Å². The number of nitrogens with zero attached hydrogens (tertiary/aromatic N) is 1. The van der Waals surface area contributed by atoms with Crippen LogP contribution in [0.15, 0.2) is 0 Å². The highest BCUT2D eigenvalue weighted by Crippen LogP contribution is 2.40. The van der Waals surface area contributed by atoms with E-state index < -0.39 is 11.9 Å². The number of amides is 1. The second-order valence-corrected chi connectivity index (χ2v) is 4.89. The average molecular weight is 241 g/mol. The first-order valence-corrected chi connectivity index (χ1v) is 6.22. The molecule has 1 amide bonds. The summed E-state index contributed by atoms with van der Waals surface area (Å²) in [4.78, 5) is 24.6. The number of ether oxygens (including phenoxy) is 1. The molecule has 0 aromatic heterocycles. The molecule has 1 saturated carbocycles. The summed E-state index contributed by atoms with van der Waals surface area (Å²) < 4.78 is 5.29. The molecule has 0 radical (unpaired) electrons. The maximum Gasteiger partial charge on any atom is 0.307 e. The molecule has 1 saturated heterocycles. The molecule has 0 aromatic rings. The Kier molecular flexibility index (Phi) is 3.66. The first kappa shape index (κ1) is 12.4. The number of hydrogen-bond acceptors (Lipinski definition) is 3. The molecule has 5 nitrogen and oxygen atoms in total. The topological polar surface area (TPSA) is 66.8 Å². The molecular weight excluding hydrogens is 222 g/mol. The number of hydrogen-bond donors (Lipinski definition) is 1. The second-order valence-electron chi connectivity index (χ2n) is 4.89. The van der Waals surface area contributed by atoms with Crippen LogP contribution in [0, 0.1) is 17.8 Å². The van der Waals surface area contributed by atoms with Crippen LogP contribution in [0.1, 0.15) is 19.8 Å². The van der Waals surface area contributed by atoms with E-state index in [-0.39, 0.29) is 11.8 Å². The zero-order chi connectivity index (χ0) is 12.4. The van der Waals surface area contributed by atoms with Crippen LogP contribution < -0.4 is 0 Å². The molecule has 3 unspecified atom stereocenters. The first-order chi connectivity index (χ1) is 8.13. The molecule has 1 aliphatic heterocycles. The van der Waals surface area contributed by atoms with Crippen LogP contribution in [-0.4, -0.2) is 48.2 Å². The van der Waals surface area contributed by atoms with Crippen molar-refractivity contribution in [2.75, 3.05) is 26.3 Å². The van der Waals surface area contributed by atoms with Crippen LogP contribution in [0.4, 0.5) is 0 Å². The van der Waals surface area contributed by atoms with Crippen LogP contribution in [0.5, 0.6) is 0 Å². The van der Waals surface area contributed by atoms with Gasteiger partial charge in [-0.05, 0) is 19.8 Å². The fraction of sp³-hybridized carbons (Fsp3) is 0.833. The number of carboxylic acids is 1. The summed E-state index contributed by atoms with van der Waals surface area (Å²) in [6, 6.07) is 0. The van der Waals surface area contributed by atoms with E-state index in [9.17, 15) is 9.59 Å². The SMILES string of the molecule is CCN(CC1CCOC1)C(=O)C1CC1C(=O)O. The van der Waals surface area contributed by atoms with Gasteiger partial charge in [0.25, 0.3) is 0 Å². The van der Waals surface area contributed by atoms with Crippen molar-refractivity contribution >= 4 is 11.9 Å². The zero-order valence-corrected chi connectivity index (χ0v) is 10.1. The molecule has 17 heavy (non-hydrogen) atoms. The van der Waals surface area contributed by atoms with Crippen molar-refractivity contribution in [1.29, 1.82) is 0 Å². The maximum absolute atomic E-state index is 12.1. The van der Waals surface area contributed by atoms with Crippen molar-refractivity contribution in [2.45, 2.75) is 19.8 Å². The summed E-state index contributed by atoms with van der Waals surface area (Å²) in [5, 5.41) is 8.82. The molecule has 0 bridgehead atoms. The van der Waals surface area contributed by atoms with Crippen LogP contribution in [0.2, 0.25) is 0 Å². The number of carbonyl (C=O) groups is 2. The lowest BCUT2D eigenvalue weighted by Crippen LogP contribution is -2.37. The van der Waals surface area contributed by atoms with Crippen LogP contribution >= 0.6 is 0 Å². The van der Waals surface area contributed by atoms with Gasteiger partial charge < -0.3 is 14.7 Å². The first-order valence-electron chi connectivity index (χ1n) is 6.22. The Labute approximate surface area is 101 Å². The molecule has 2 aliphatic rings. The number of rotatable bonds is 5. The fourth-order valence-electron chi connectivity index (χ4n) is 2.39. The van der Waals surface area contributed by atoms with Crippen molar-refractivity contribution < 1.29 is 19.4 Å². The Morgan fingerprint density at radius 3 is 2.65 bits per heavy atom. The lowest BCUT2D eigenvalue weighted by Gasteiger charge is -2.23. The van der Waals surface area contributed by atoms with Gasteiger partial charge in [0.05, 0.1) is 18.4 Å². The summed E-state index contributed by atoms with van der Waals surface area (Å²) in [6.45, 7) is 4.79. The lowest BCUT2D eigenvalue weighted by atomic mass is 10.1. The van der Waals surface area contributed by atoms with Gasteiger partial charge in [0.2, 0.25) is 5.91 Å². The van der Waals surface area contributed by atoms with E-state index in [0.29, 0.717) is 25.4 Å². The van der Waals surface area contributed by atoms with Crippen molar-refractivity contribution in [1.82, 2.24) is 4.90 Å². The van der Waals surface area contributed by atoms with E-state index in [1.54, 1.807) is 4.90 Å². The summed E-state index contributed by atoms with van der Waals surface area (Å²) in [5.74, 6) is -1.15. The Balaban J connectivity index is 1.85. The summed E-state index contributed by atoms with van der Waals surface area (Å²) >= 11 is 0. The fourth-order valence-corrected chi connectivity index (χ4v) is 2.39. The lowest BCUT2D eigenvalue weighted by molar-refractivity contribution is -0.142. The smallest absolute Gasteiger partial charge is 0.307 e. The van der Waals surface area contributed by atoms with Gasteiger partial charge in [-0.1, -0.05) is 0 Å². The Morgan fingerprint density at radius 1 is 1.41 bits per heavy atom.